The molecule has 5 aliphatic rings. The number of nitrogens with one attached hydrogen (secondary N) is 2. The van der Waals surface area contributed by atoms with Gasteiger partial charge in [0.25, 0.3) is 15.9 Å². The highest BCUT2D eigenvalue weighted by atomic mass is 35.5. The van der Waals surface area contributed by atoms with Gasteiger partial charge in [-0.1, -0.05) is 23.7 Å². The standard InChI is InChI=1S/C36H44ClN3O8S/c1-35(2)33(41)39-49(43,44)27-9-12-32-30(18-27)40(21-36(22-46-32)14-3-5-23-17-25(37)8-11-29(23)36)19-24-7-10-28(24)31(6-4-15-47-35)48-34(42)38-26-13-16-45-20-26/h4,6,8-9,11-12,17-18,24,26,28,31H,3,5,7,10,13-16,19-22H2,1-2H3,(H,38,42)(H,39,41)/b6-4-/t24-,26-,28+,31-,36-/m0/s1. The van der Waals surface area contributed by atoms with Crippen LogP contribution in [0.15, 0.2) is 53.4 Å². The Kier molecular flexibility index (Phi) is 9.36. The molecule has 2 N–H and O–H groups in total. The van der Waals surface area contributed by atoms with Crippen LogP contribution >= 0.6 is 11.6 Å². The van der Waals surface area contributed by atoms with Gasteiger partial charge in [0.05, 0.1) is 36.4 Å². The van der Waals surface area contributed by atoms with Gasteiger partial charge in [0.15, 0.2) is 0 Å². The molecule has 0 unspecified atom stereocenters. The highest BCUT2D eigenvalue weighted by molar-refractivity contribution is 7.90. The van der Waals surface area contributed by atoms with Crippen LogP contribution in [-0.2, 0) is 40.9 Å². The third-order valence-corrected chi connectivity index (χ3v) is 12.4. The summed E-state index contributed by atoms with van der Waals surface area (Å²) in [6, 6.07) is 10.7. The molecule has 1 spiro atoms. The van der Waals surface area contributed by atoms with E-state index in [-0.39, 0.29) is 34.8 Å². The van der Waals surface area contributed by atoms with E-state index in [1.165, 1.54) is 31.0 Å². The Bertz CT molecular complexity index is 1740. The summed E-state index contributed by atoms with van der Waals surface area (Å²) >= 11 is 6.43. The van der Waals surface area contributed by atoms with Gasteiger partial charge in [0.1, 0.15) is 17.5 Å². The highest BCUT2D eigenvalue weighted by Gasteiger charge is 2.45. The number of amides is 2. The van der Waals surface area contributed by atoms with Gasteiger partial charge in [0, 0.05) is 36.1 Å². The monoisotopic (exact) mass is 713 g/mol. The Morgan fingerprint density at radius 2 is 2.00 bits per heavy atom. The van der Waals surface area contributed by atoms with E-state index in [9.17, 15) is 18.0 Å². The van der Waals surface area contributed by atoms with Crippen LogP contribution in [0.5, 0.6) is 5.75 Å². The van der Waals surface area contributed by atoms with E-state index in [1.54, 1.807) is 18.2 Å². The second-order valence-corrected chi connectivity index (χ2v) is 16.6. The maximum absolute atomic E-state index is 13.6. The second-order valence-electron chi connectivity index (χ2n) is 14.5. The van der Waals surface area contributed by atoms with Gasteiger partial charge >= 0.3 is 6.09 Å². The Hall–Kier alpha value is -3.32. The third-order valence-electron chi connectivity index (χ3n) is 10.8. The summed E-state index contributed by atoms with van der Waals surface area (Å²) < 4.78 is 53.3. The number of benzene rings is 2. The van der Waals surface area contributed by atoms with Crippen molar-refractivity contribution in [2.75, 3.05) is 44.4 Å². The van der Waals surface area contributed by atoms with Crippen molar-refractivity contribution >= 4 is 39.3 Å². The van der Waals surface area contributed by atoms with E-state index in [0.29, 0.717) is 49.4 Å². The molecule has 1 saturated heterocycles. The molecule has 2 bridgehead atoms. The number of hydrogen-bond acceptors (Lipinski definition) is 9. The van der Waals surface area contributed by atoms with Crippen LogP contribution in [0, 0.1) is 11.8 Å². The maximum atomic E-state index is 13.6. The molecule has 5 atom stereocenters. The van der Waals surface area contributed by atoms with Crippen LogP contribution in [0.1, 0.15) is 57.1 Å². The molecule has 2 aromatic rings. The number of carbonyl (C=O) groups is 2. The number of aryl methyl sites for hydroxylation is 1. The number of alkyl carbamates (subject to hydrolysis) is 1. The molecular formula is C36H44ClN3O8S. The average molecular weight is 714 g/mol. The molecule has 7 rings (SSSR count). The van der Waals surface area contributed by atoms with Crippen molar-refractivity contribution in [1.29, 1.82) is 0 Å². The van der Waals surface area contributed by atoms with Gasteiger partial charge in [-0.3, -0.25) is 4.79 Å². The Labute approximate surface area is 292 Å². The van der Waals surface area contributed by atoms with E-state index < -0.39 is 33.7 Å². The van der Waals surface area contributed by atoms with Crippen LogP contribution in [0.2, 0.25) is 5.02 Å². The van der Waals surface area contributed by atoms with Gasteiger partial charge in [0.2, 0.25) is 0 Å². The van der Waals surface area contributed by atoms with Gasteiger partial charge in [-0.05, 0) is 106 Å². The van der Waals surface area contributed by atoms with Gasteiger partial charge in [-0.15, -0.1) is 0 Å². The van der Waals surface area contributed by atoms with E-state index >= 15 is 0 Å². The van der Waals surface area contributed by atoms with Gasteiger partial charge in [-0.25, -0.2) is 17.9 Å². The van der Waals surface area contributed by atoms with E-state index in [0.717, 1.165) is 38.5 Å². The first kappa shape index (κ1) is 34.1. The number of sulfonamides is 1. The number of carbonyl (C=O) groups excluding carboxylic acids is 2. The first-order chi connectivity index (χ1) is 23.4. The molecule has 3 heterocycles. The number of anilines is 1. The molecule has 2 fully saturated rings. The number of hydrogen-bond donors (Lipinski definition) is 2. The van der Waals surface area contributed by atoms with Crippen molar-refractivity contribution in [3.63, 3.8) is 0 Å². The van der Waals surface area contributed by atoms with Gasteiger partial charge in [-0.2, -0.15) is 0 Å². The van der Waals surface area contributed by atoms with Crippen LogP contribution < -0.4 is 19.7 Å². The van der Waals surface area contributed by atoms with E-state index in [1.807, 2.05) is 18.2 Å². The van der Waals surface area contributed by atoms with Gasteiger partial charge < -0.3 is 29.2 Å². The summed E-state index contributed by atoms with van der Waals surface area (Å²) in [5.41, 5.74) is 1.23. The predicted octanol–water partition coefficient (Wildman–Crippen LogP) is 4.89. The second kappa shape index (κ2) is 13.4. The smallest absolute Gasteiger partial charge is 0.408 e. The number of ether oxygens (including phenoxy) is 4. The fourth-order valence-corrected chi connectivity index (χ4v) is 9.17. The first-order valence-corrected chi connectivity index (χ1v) is 19.0. The lowest BCUT2D eigenvalue weighted by molar-refractivity contribution is -0.139. The zero-order valence-corrected chi connectivity index (χ0v) is 29.5. The molecule has 2 aliphatic carbocycles. The number of rotatable bonds is 2. The van der Waals surface area contributed by atoms with E-state index in [4.69, 9.17) is 30.5 Å². The molecule has 0 radical (unpaired) electrons. The SMILES string of the molecule is CC1(C)OC/C=C\[C@H](OC(=O)N[C@H]2CCOC2)[C@@H]2CC[C@H]2CN2C[C@@]3(CCCc4cc(Cl)ccc43)COc3ccc(cc32)S(=O)(=O)NC1=O. The molecule has 2 amide bonds. The van der Waals surface area contributed by atoms with E-state index in [2.05, 4.69) is 21.0 Å². The van der Waals surface area contributed by atoms with Crippen molar-refractivity contribution in [1.82, 2.24) is 10.0 Å². The maximum Gasteiger partial charge on any atom is 0.408 e. The molecule has 2 aromatic carbocycles. The summed E-state index contributed by atoms with van der Waals surface area (Å²) in [4.78, 5) is 28.5. The van der Waals surface area contributed by atoms with Crippen molar-refractivity contribution in [3.8, 4) is 5.75 Å². The lowest BCUT2D eigenvalue weighted by Crippen LogP contribution is -2.50. The molecule has 264 valence electrons. The molecule has 3 aliphatic heterocycles. The minimum Gasteiger partial charge on any atom is -0.490 e. The fraction of sp³-hybridized carbons (Fsp3) is 0.556. The Balaban J connectivity index is 1.26. The predicted molar refractivity (Wildman–Crippen MR) is 184 cm³/mol. The van der Waals surface area contributed by atoms with Crippen molar-refractivity contribution in [3.05, 3.63) is 64.7 Å². The highest BCUT2D eigenvalue weighted by Crippen LogP contribution is 2.47. The summed E-state index contributed by atoms with van der Waals surface area (Å²) in [6.07, 6.45) is 7.84. The topological polar surface area (TPSA) is 132 Å². The molecule has 1 saturated carbocycles. The zero-order valence-electron chi connectivity index (χ0n) is 27.9. The first-order valence-electron chi connectivity index (χ1n) is 17.2. The zero-order chi connectivity index (χ0) is 34.4. The van der Waals surface area contributed by atoms with Crippen molar-refractivity contribution in [2.45, 2.75) is 80.4 Å². The normalized spacial score (nSPS) is 31.2. The molecular weight excluding hydrogens is 670 g/mol. The minimum atomic E-state index is -4.24. The van der Waals surface area contributed by atoms with Crippen LogP contribution in [0.25, 0.3) is 0 Å². The van der Waals surface area contributed by atoms with Crippen molar-refractivity contribution < 1.29 is 37.0 Å². The summed E-state index contributed by atoms with van der Waals surface area (Å²) in [5, 5.41) is 3.63. The van der Waals surface area contributed by atoms with Crippen LogP contribution in [0.3, 0.4) is 0 Å². The lowest BCUT2D eigenvalue weighted by Gasteiger charge is -2.46. The Morgan fingerprint density at radius 3 is 2.78 bits per heavy atom. The number of halogens is 1. The molecule has 11 nitrogen and oxygen atoms in total. The minimum absolute atomic E-state index is 0.0129. The summed E-state index contributed by atoms with van der Waals surface area (Å²) in [5.74, 6) is -0.0648. The van der Waals surface area contributed by atoms with Crippen LogP contribution in [-0.4, -0.2) is 77.7 Å². The Morgan fingerprint density at radius 1 is 1.14 bits per heavy atom. The number of nitrogens with zero attached hydrogens (tertiary/aromatic N) is 1. The quantitative estimate of drug-likeness (QED) is 0.418. The number of fused-ring (bicyclic) bond motifs is 4. The summed E-state index contributed by atoms with van der Waals surface area (Å²) in [7, 11) is -4.24. The fourth-order valence-electron chi connectivity index (χ4n) is 7.86. The average Bonchev–Trinajstić information content (AvgIpc) is 3.50. The third kappa shape index (κ3) is 7.02. The van der Waals surface area contributed by atoms with Crippen LogP contribution in [0.4, 0.5) is 10.5 Å². The van der Waals surface area contributed by atoms with Crippen molar-refractivity contribution in [2.24, 2.45) is 11.8 Å². The lowest BCUT2D eigenvalue weighted by atomic mass is 9.68. The largest absolute Gasteiger partial charge is 0.490 e. The molecule has 0 aromatic heterocycles. The molecule has 49 heavy (non-hydrogen) atoms. The molecule has 13 heteroatoms. The summed E-state index contributed by atoms with van der Waals surface area (Å²) in [6.45, 7) is 5.72.